The summed E-state index contributed by atoms with van der Waals surface area (Å²) in [4.78, 5) is 16.6. The van der Waals surface area contributed by atoms with Crippen LogP contribution in [0.15, 0.2) is 18.2 Å². The van der Waals surface area contributed by atoms with Crippen LogP contribution in [-0.4, -0.2) is 16.1 Å². The maximum absolute atomic E-state index is 11.8. The Morgan fingerprint density at radius 3 is 2.80 bits per heavy atom. The SMILES string of the molecule is Cc1cccc2c(C(=O)O)c3c(nc12)C(C)CC(C)C3. The summed E-state index contributed by atoms with van der Waals surface area (Å²) < 4.78 is 0. The van der Waals surface area contributed by atoms with Gasteiger partial charge in [0.05, 0.1) is 11.1 Å². The predicted molar refractivity (Wildman–Crippen MR) is 79.3 cm³/mol. The Kier molecular flexibility index (Phi) is 3.00. The van der Waals surface area contributed by atoms with Crippen LogP contribution in [0.2, 0.25) is 0 Å². The van der Waals surface area contributed by atoms with Crippen molar-refractivity contribution in [3.8, 4) is 0 Å². The van der Waals surface area contributed by atoms with Crippen LogP contribution in [0.3, 0.4) is 0 Å². The van der Waals surface area contributed by atoms with Crippen LogP contribution in [0.4, 0.5) is 0 Å². The quantitative estimate of drug-likeness (QED) is 0.853. The molecule has 3 heteroatoms. The van der Waals surface area contributed by atoms with Crippen LogP contribution in [0.25, 0.3) is 10.9 Å². The van der Waals surface area contributed by atoms with E-state index < -0.39 is 5.97 Å². The number of benzene rings is 1. The Morgan fingerprint density at radius 1 is 1.35 bits per heavy atom. The molecule has 0 bridgehead atoms. The smallest absolute Gasteiger partial charge is 0.336 e. The minimum atomic E-state index is -0.833. The molecule has 0 saturated heterocycles. The number of nitrogens with zero attached hydrogens (tertiary/aromatic N) is 1. The Bertz CT molecular complexity index is 706. The van der Waals surface area contributed by atoms with Crippen molar-refractivity contribution in [2.75, 3.05) is 0 Å². The van der Waals surface area contributed by atoms with Crippen molar-refractivity contribution in [1.82, 2.24) is 4.98 Å². The van der Waals surface area contributed by atoms with Crippen molar-refractivity contribution in [3.63, 3.8) is 0 Å². The molecule has 1 aromatic carbocycles. The van der Waals surface area contributed by atoms with Gasteiger partial charge in [0.2, 0.25) is 0 Å². The molecule has 3 nitrogen and oxygen atoms in total. The van der Waals surface area contributed by atoms with Gasteiger partial charge in [0.25, 0.3) is 0 Å². The van der Waals surface area contributed by atoms with Gasteiger partial charge in [-0.1, -0.05) is 32.0 Å². The summed E-state index contributed by atoms with van der Waals surface area (Å²) in [7, 11) is 0. The van der Waals surface area contributed by atoms with Crippen LogP contribution in [0.1, 0.15) is 53.4 Å². The first-order valence-corrected chi connectivity index (χ1v) is 7.14. The normalized spacial score (nSPS) is 21.8. The Hall–Kier alpha value is -1.90. The van der Waals surface area contributed by atoms with Gasteiger partial charge in [-0.2, -0.15) is 0 Å². The molecule has 2 atom stereocenters. The fourth-order valence-corrected chi connectivity index (χ4v) is 3.49. The third kappa shape index (κ3) is 1.89. The van der Waals surface area contributed by atoms with E-state index in [2.05, 4.69) is 13.8 Å². The van der Waals surface area contributed by atoms with Gasteiger partial charge in [0.15, 0.2) is 0 Å². The first-order chi connectivity index (χ1) is 9.49. The highest BCUT2D eigenvalue weighted by molar-refractivity contribution is 6.05. The Labute approximate surface area is 118 Å². The molecule has 1 aromatic heterocycles. The predicted octanol–water partition coefficient (Wildman–Crippen LogP) is 3.93. The van der Waals surface area contributed by atoms with Crippen LogP contribution >= 0.6 is 0 Å². The second-order valence-electron chi connectivity index (χ2n) is 6.07. The molecule has 0 amide bonds. The van der Waals surface area contributed by atoms with Crippen molar-refractivity contribution in [2.45, 2.75) is 39.5 Å². The monoisotopic (exact) mass is 269 g/mol. The van der Waals surface area contributed by atoms with E-state index in [0.717, 1.165) is 40.6 Å². The molecular formula is C17H19NO2. The summed E-state index contributed by atoms with van der Waals surface area (Å²) in [5.74, 6) is 0.0102. The molecule has 2 aromatic rings. The van der Waals surface area contributed by atoms with Crippen LogP contribution in [-0.2, 0) is 6.42 Å². The number of pyridine rings is 1. The molecule has 20 heavy (non-hydrogen) atoms. The van der Waals surface area contributed by atoms with Crippen molar-refractivity contribution in [2.24, 2.45) is 5.92 Å². The molecule has 2 unspecified atom stereocenters. The van der Waals surface area contributed by atoms with Gasteiger partial charge in [0.1, 0.15) is 0 Å². The van der Waals surface area contributed by atoms with Crippen molar-refractivity contribution < 1.29 is 9.90 Å². The number of aromatic nitrogens is 1. The van der Waals surface area contributed by atoms with E-state index in [1.807, 2.05) is 25.1 Å². The van der Waals surface area contributed by atoms with Gasteiger partial charge in [-0.05, 0) is 42.7 Å². The zero-order valence-corrected chi connectivity index (χ0v) is 12.1. The number of fused-ring (bicyclic) bond motifs is 2. The molecule has 1 N–H and O–H groups in total. The molecule has 0 fully saturated rings. The molecule has 3 rings (SSSR count). The number of carboxylic acids is 1. The largest absolute Gasteiger partial charge is 0.478 e. The maximum Gasteiger partial charge on any atom is 0.336 e. The number of hydrogen-bond donors (Lipinski definition) is 1. The lowest BCUT2D eigenvalue weighted by atomic mass is 9.78. The molecule has 0 saturated carbocycles. The topological polar surface area (TPSA) is 50.2 Å². The molecule has 0 radical (unpaired) electrons. The highest BCUT2D eigenvalue weighted by atomic mass is 16.4. The minimum Gasteiger partial charge on any atom is -0.478 e. The number of carbonyl (C=O) groups is 1. The molecule has 1 heterocycles. The van der Waals surface area contributed by atoms with Gasteiger partial charge < -0.3 is 5.11 Å². The first-order valence-electron chi connectivity index (χ1n) is 7.14. The van der Waals surface area contributed by atoms with E-state index in [0.29, 0.717) is 17.4 Å². The fraction of sp³-hybridized carbons (Fsp3) is 0.412. The number of aromatic carboxylic acids is 1. The summed E-state index contributed by atoms with van der Waals surface area (Å²) in [6.07, 6.45) is 1.90. The van der Waals surface area contributed by atoms with Gasteiger partial charge in [-0.3, -0.25) is 4.98 Å². The molecule has 1 aliphatic carbocycles. The maximum atomic E-state index is 11.8. The van der Waals surface area contributed by atoms with E-state index in [9.17, 15) is 9.90 Å². The van der Waals surface area contributed by atoms with Crippen molar-refractivity contribution in [1.29, 1.82) is 0 Å². The zero-order chi connectivity index (χ0) is 14.4. The second-order valence-corrected chi connectivity index (χ2v) is 6.07. The first kappa shape index (κ1) is 13.1. The third-order valence-electron chi connectivity index (χ3n) is 4.34. The highest BCUT2D eigenvalue weighted by Gasteiger charge is 2.29. The number of para-hydroxylation sites is 1. The lowest BCUT2D eigenvalue weighted by Gasteiger charge is -2.28. The lowest BCUT2D eigenvalue weighted by Crippen LogP contribution is -2.20. The third-order valence-corrected chi connectivity index (χ3v) is 4.34. The number of rotatable bonds is 1. The average molecular weight is 269 g/mol. The second kappa shape index (κ2) is 4.58. The number of hydrogen-bond acceptors (Lipinski definition) is 2. The van der Waals surface area contributed by atoms with Crippen LogP contribution in [0, 0.1) is 12.8 Å². The van der Waals surface area contributed by atoms with Gasteiger partial charge in [-0.15, -0.1) is 0 Å². The summed E-state index contributed by atoms with van der Waals surface area (Å²) in [6, 6.07) is 5.78. The summed E-state index contributed by atoms with van der Waals surface area (Å²) in [5.41, 5.74) is 4.28. The molecule has 1 aliphatic rings. The summed E-state index contributed by atoms with van der Waals surface area (Å²) in [6.45, 7) is 6.33. The highest BCUT2D eigenvalue weighted by Crippen LogP contribution is 2.38. The van der Waals surface area contributed by atoms with Crippen LogP contribution in [0.5, 0.6) is 0 Å². The van der Waals surface area contributed by atoms with Gasteiger partial charge in [0, 0.05) is 11.1 Å². The Morgan fingerprint density at radius 2 is 2.10 bits per heavy atom. The van der Waals surface area contributed by atoms with Crippen molar-refractivity contribution >= 4 is 16.9 Å². The standard InChI is InChI=1S/C17H19NO2/c1-9-7-11(3)16-13(8-9)14(17(19)20)12-6-4-5-10(2)15(12)18-16/h4-6,9,11H,7-8H2,1-3H3,(H,19,20). The lowest BCUT2D eigenvalue weighted by molar-refractivity contribution is 0.0697. The van der Waals surface area contributed by atoms with E-state index in [1.165, 1.54) is 0 Å². The molecule has 0 aliphatic heterocycles. The van der Waals surface area contributed by atoms with Gasteiger partial charge in [-0.25, -0.2) is 4.79 Å². The van der Waals surface area contributed by atoms with E-state index in [4.69, 9.17) is 4.98 Å². The van der Waals surface area contributed by atoms with E-state index >= 15 is 0 Å². The number of carboxylic acid groups (broad SMARTS) is 1. The van der Waals surface area contributed by atoms with Crippen molar-refractivity contribution in [3.05, 3.63) is 40.6 Å². The Balaban J connectivity index is 2.43. The average Bonchev–Trinajstić information content (AvgIpc) is 2.36. The summed E-state index contributed by atoms with van der Waals surface area (Å²) >= 11 is 0. The fourth-order valence-electron chi connectivity index (χ4n) is 3.49. The zero-order valence-electron chi connectivity index (χ0n) is 12.1. The van der Waals surface area contributed by atoms with Crippen LogP contribution < -0.4 is 0 Å². The molecular weight excluding hydrogens is 250 g/mol. The molecule has 0 spiro atoms. The number of aryl methyl sites for hydroxylation is 1. The summed E-state index contributed by atoms with van der Waals surface area (Å²) in [5, 5.41) is 10.4. The minimum absolute atomic E-state index is 0.329. The van der Waals surface area contributed by atoms with E-state index in [-0.39, 0.29) is 0 Å². The van der Waals surface area contributed by atoms with E-state index in [1.54, 1.807) is 0 Å². The molecule has 104 valence electrons. The van der Waals surface area contributed by atoms with Gasteiger partial charge >= 0.3 is 5.97 Å².